The molecule has 5 nitrogen and oxygen atoms in total. The minimum Gasteiger partial charge on any atom is -0.337 e. The number of amides is 2. The Morgan fingerprint density at radius 1 is 1.21 bits per heavy atom. The molecule has 1 aliphatic rings. The Morgan fingerprint density at radius 3 is 2.83 bits per heavy atom. The van der Waals surface area contributed by atoms with E-state index in [1.165, 1.54) is 22.7 Å². The van der Waals surface area contributed by atoms with Gasteiger partial charge in [0.05, 0.1) is 21.5 Å². The van der Waals surface area contributed by atoms with E-state index in [4.69, 9.17) is 23.2 Å². The topological polar surface area (TPSA) is 62.3 Å². The molecule has 1 fully saturated rings. The fourth-order valence-electron chi connectivity index (χ4n) is 3.29. The number of benzene rings is 1. The maximum Gasteiger partial charge on any atom is 0.263 e. The van der Waals surface area contributed by atoms with Crippen molar-refractivity contribution >= 4 is 62.8 Å². The quantitative estimate of drug-likeness (QED) is 0.539. The molecule has 1 unspecified atom stereocenters. The second kappa shape index (κ2) is 8.83. The van der Waals surface area contributed by atoms with Crippen molar-refractivity contribution in [1.29, 1.82) is 0 Å². The van der Waals surface area contributed by atoms with Crippen LogP contribution in [0.5, 0.6) is 0 Å². The molecular weight excluding hydrogens is 449 g/mol. The maximum atomic E-state index is 12.8. The molecular formula is C20H17Cl2N3O2S2. The number of hydrogen-bond donors (Lipinski definition) is 1. The smallest absolute Gasteiger partial charge is 0.263 e. The summed E-state index contributed by atoms with van der Waals surface area (Å²) in [5.41, 5.74) is 1.45. The van der Waals surface area contributed by atoms with Crippen molar-refractivity contribution in [2.45, 2.75) is 12.8 Å². The van der Waals surface area contributed by atoms with Gasteiger partial charge >= 0.3 is 0 Å². The molecule has 2 aromatic heterocycles. The van der Waals surface area contributed by atoms with Gasteiger partial charge in [-0.3, -0.25) is 9.59 Å². The van der Waals surface area contributed by atoms with E-state index in [-0.39, 0.29) is 17.7 Å². The summed E-state index contributed by atoms with van der Waals surface area (Å²) in [6, 6.07) is 8.90. The number of carbonyl (C=O) groups is 2. The van der Waals surface area contributed by atoms with Gasteiger partial charge in [0, 0.05) is 29.1 Å². The number of likely N-dealkylation sites (tertiary alicyclic amines) is 1. The lowest BCUT2D eigenvalue weighted by atomic mass is 9.97. The van der Waals surface area contributed by atoms with E-state index in [2.05, 4.69) is 10.3 Å². The third-order valence-electron chi connectivity index (χ3n) is 4.75. The first-order valence-corrected chi connectivity index (χ1v) is 11.6. The van der Waals surface area contributed by atoms with Crippen LogP contribution in [0.2, 0.25) is 10.0 Å². The molecule has 1 atom stereocenters. The van der Waals surface area contributed by atoms with Gasteiger partial charge in [-0.2, -0.15) is 0 Å². The van der Waals surface area contributed by atoms with Crippen LogP contribution >= 0.6 is 45.9 Å². The number of thiophene rings is 1. The van der Waals surface area contributed by atoms with Crippen molar-refractivity contribution < 1.29 is 9.59 Å². The Hall–Kier alpha value is -1.93. The fourth-order valence-corrected chi connectivity index (χ4v) is 5.20. The predicted octanol–water partition coefficient (Wildman–Crippen LogP) is 5.67. The first kappa shape index (κ1) is 20.3. The third kappa shape index (κ3) is 4.64. The van der Waals surface area contributed by atoms with Gasteiger partial charge < -0.3 is 10.2 Å². The van der Waals surface area contributed by atoms with E-state index < -0.39 is 0 Å². The van der Waals surface area contributed by atoms with Gasteiger partial charge in [-0.05, 0) is 42.5 Å². The molecule has 1 saturated heterocycles. The van der Waals surface area contributed by atoms with Crippen LogP contribution in [0.4, 0.5) is 5.13 Å². The molecule has 4 rings (SSSR count). The molecule has 0 radical (unpaired) electrons. The summed E-state index contributed by atoms with van der Waals surface area (Å²) >= 11 is 15.0. The largest absolute Gasteiger partial charge is 0.337 e. The SMILES string of the molecule is O=C(Nc1nc(-c2ccc(Cl)cc2Cl)cs1)C1CCCN(C(=O)c2cccs2)C1. The Bertz CT molecular complexity index is 1040. The molecule has 3 heterocycles. The predicted molar refractivity (Wildman–Crippen MR) is 119 cm³/mol. The van der Waals surface area contributed by atoms with Gasteiger partial charge in [-0.25, -0.2) is 4.98 Å². The van der Waals surface area contributed by atoms with Gasteiger partial charge in [-0.1, -0.05) is 29.3 Å². The zero-order chi connectivity index (χ0) is 20.4. The number of nitrogens with one attached hydrogen (secondary N) is 1. The number of nitrogens with zero attached hydrogens (tertiary/aromatic N) is 2. The standard InChI is InChI=1S/C20H17Cl2N3O2S2/c21-13-5-6-14(15(22)9-13)16-11-29-20(23-16)24-18(26)12-3-1-7-25(10-12)19(27)17-4-2-8-28-17/h2,4-6,8-9,11-12H,1,3,7,10H2,(H,23,24,26). The minimum absolute atomic E-state index is 0.00795. The summed E-state index contributed by atoms with van der Waals surface area (Å²) in [4.78, 5) is 32.3. The number of hydrogen-bond acceptors (Lipinski definition) is 5. The average molecular weight is 466 g/mol. The van der Waals surface area contributed by atoms with Crippen LogP contribution in [-0.2, 0) is 4.79 Å². The van der Waals surface area contributed by atoms with Gasteiger partial charge in [0.25, 0.3) is 5.91 Å². The lowest BCUT2D eigenvalue weighted by Gasteiger charge is -2.31. The van der Waals surface area contributed by atoms with Crippen molar-refractivity contribution in [2.75, 3.05) is 18.4 Å². The van der Waals surface area contributed by atoms with Crippen molar-refractivity contribution in [2.24, 2.45) is 5.92 Å². The molecule has 1 aromatic carbocycles. The highest BCUT2D eigenvalue weighted by atomic mass is 35.5. The van der Waals surface area contributed by atoms with E-state index >= 15 is 0 Å². The molecule has 0 saturated carbocycles. The Morgan fingerprint density at radius 2 is 2.07 bits per heavy atom. The first-order chi connectivity index (χ1) is 14.0. The highest BCUT2D eigenvalue weighted by Gasteiger charge is 2.29. The van der Waals surface area contributed by atoms with Crippen LogP contribution in [-0.4, -0.2) is 34.8 Å². The summed E-state index contributed by atoms with van der Waals surface area (Å²) in [5, 5.41) is 8.20. The van der Waals surface area contributed by atoms with Gasteiger partial charge in [-0.15, -0.1) is 22.7 Å². The molecule has 1 aliphatic heterocycles. The fraction of sp³-hybridized carbons (Fsp3) is 0.250. The van der Waals surface area contributed by atoms with Crippen molar-refractivity contribution in [3.63, 3.8) is 0 Å². The minimum atomic E-state index is -0.251. The molecule has 0 aliphatic carbocycles. The monoisotopic (exact) mass is 465 g/mol. The average Bonchev–Trinajstić information content (AvgIpc) is 3.40. The molecule has 0 bridgehead atoms. The van der Waals surface area contributed by atoms with Gasteiger partial charge in [0.15, 0.2) is 5.13 Å². The highest BCUT2D eigenvalue weighted by Crippen LogP contribution is 2.32. The van der Waals surface area contributed by atoms with Crippen LogP contribution in [0.3, 0.4) is 0 Å². The lowest BCUT2D eigenvalue weighted by Crippen LogP contribution is -2.43. The molecule has 1 N–H and O–H groups in total. The first-order valence-electron chi connectivity index (χ1n) is 9.06. The molecule has 3 aromatic rings. The van der Waals surface area contributed by atoms with Crippen LogP contribution in [0.25, 0.3) is 11.3 Å². The number of anilines is 1. The van der Waals surface area contributed by atoms with E-state index in [0.29, 0.717) is 38.8 Å². The number of aromatic nitrogens is 1. The molecule has 29 heavy (non-hydrogen) atoms. The molecule has 150 valence electrons. The second-order valence-electron chi connectivity index (χ2n) is 6.72. The normalized spacial score (nSPS) is 16.6. The molecule has 0 spiro atoms. The summed E-state index contributed by atoms with van der Waals surface area (Å²) in [7, 11) is 0. The zero-order valence-electron chi connectivity index (χ0n) is 15.2. The Balaban J connectivity index is 1.41. The van der Waals surface area contributed by atoms with E-state index in [9.17, 15) is 9.59 Å². The number of piperidine rings is 1. The number of thiazole rings is 1. The van der Waals surface area contributed by atoms with E-state index in [1.54, 1.807) is 23.1 Å². The Labute approximate surface area is 186 Å². The summed E-state index contributed by atoms with van der Waals surface area (Å²) in [6.07, 6.45) is 1.56. The van der Waals surface area contributed by atoms with Crippen molar-refractivity contribution in [3.05, 3.63) is 56.0 Å². The van der Waals surface area contributed by atoms with Crippen molar-refractivity contribution in [3.8, 4) is 11.3 Å². The van der Waals surface area contributed by atoms with Gasteiger partial charge in [0.2, 0.25) is 5.91 Å². The number of halogens is 2. The highest BCUT2D eigenvalue weighted by molar-refractivity contribution is 7.14. The maximum absolute atomic E-state index is 12.8. The summed E-state index contributed by atoms with van der Waals surface area (Å²) in [5.74, 6) is -0.373. The second-order valence-corrected chi connectivity index (χ2v) is 9.37. The van der Waals surface area contributed by atoms with Crippen LogP contribution in [0.15, 0.2) is 41.1 Å². The zero-order valence-corrected chi connectivity index (χ0v) is 18.4. The molecule has 2 amide bonds. The number of carbonyl (C=O) groups excluding carboxylic acids is 2. The lowest BCUT2D eigenvalue weighted by molar-refractivity contribution is -0.121. The van der Waals surface area contributed by atoms with Crippen LogP contribution in [0, 0.1) is 5.92 Å². The molecule has 9 heteroatoms. The van der Waals surface area contributed by atoms with E-state index in [1.807, 2.05) is 22.9 Å². The Kier molecular flexibility index (Phi) is 6.20. The van der Waals surface area contributed by atoms with Crippen LogP contribution < -0.4 is 5.32 Å². The summed E-state index contributed by atoms with van der Waals surface area (Å²) in [6.45, 7) is 1.10. The van der Waals surface area contributed by atoms with E-state index in [0.717, 1.165) is 18.4 Å². The number of rotatable bonds is 4. The van der Waals surface area contributed by atoms with Crippen molar-refractivity contribution in [1.82, 2.24) is 9.88 Å². The van der Waals surface area contributed by atoms with Gasteiger partial charge in [0.1, 0.15) is 0 Å². The third-order valence-corrected chi connectivity index (χ3v) is 6.92. The summed E-state index contributed by atoms with van der Waals surface area (Å²) < 4.78 is 0. The van der Waals surface area contributed by atoms with Crippen LogP contribution in [0.1, 0.15) is 22.5 Å².